The molecule has 1 aliphatic rings. The van der Waals surface area contributed by atoms with Gasteiger partial charge >= 0.3 is 0 Å². The summed E-state index contributed by atoms with van der Waals surface area (Å²) in [6.45, 7) is 0. The number of aromatic nitrogens is 2. The van der Waals surface area contributed by atoms with Gasteiger partial charge in [-0.3, -0.25) is 14.6 Å². The first-order valence-electron chi connectivity index (χ1n) is 4.44. The van der Waals surface area contributed by atoms with Gasteiger partial charge in [0, 0.05) is 6.04 Å². The van der Waals surface area contributed by atoms with Gasteiger partial charge in [-0.05, 0) is 25.1 Å². The molecule has 1 saturated carbocycles. The molecule has 1 aliphatic carbocycles. The molecule has 6 nitrogen and oxygen atoms in total. The van der Waals surface area contributed by atoms with Gasteiger partial charge in [-0.2, -0.15) is 0 Å². The lowest BCUT2D eigenvalue weighted by atomic mass is 10.3. The first-order chi connectivity index (χ1) is 7.08. The molecule has 1 aromatic heterocycles. The Labute approximate surface area is 89.4 Å². The van der Waals surface area contributed by atoms with Crippen molar-refractivity contribution in [2.45, 2.75) is 18.9 Å². The third-order valence-corrected chi connectivity index (χ3v) is 2.27. The SMILES string of the molecule is O=C(NC1CC1)c1c(O)[nH]c(=S)[nH]c1=O. The number of carbonyl (C=O) groups is 1. The summed E-state index contributed by atoms with van der Waals surface area (Å²) >= 11 is 4.63. The molecule has 0 aromatic carbocycles. The number of hydrogen-bond donors (Lipinski definition) is 4. The maximum absolute atomic E-state index is 11.5. The van der Waals surface area contributed by atoms with Crippen molar-refractivity contribution in [2.75, 3.05) is 0 Å². The van der Waals surface area contributed by atoms with Gasteiger partial charge in [0.15, 0.2) is 10.3 Å². The van der Waals surface area contributed by atoms with E-state index in [1.807, 2.05) is 0 Å². The Hall–Kier alpha value is -1.63. The Kier molecular flexibility index (Phi) is 2.31. The Morgan fingerprint density at radius 2 is 2.13 bits per heavy atom. The van der Waals surface area contributed by atoms with Gasteiger partial charge in [-0.1, -0.05) is 0 Å². The van der Waals surface area contributed by atoms with E-state index in [9.17, 15) is 14.7 Å². The molecule has 0 unspecified atom stereocenters. The van der Waals surface area contributed by atoms with E-state index in [1.54, 1.807) is 0 Å². The minimum atomic E-state index is -0.686. The molecule has 0 saturated heterocycles. The molecule has 15 heavy (non-hydrogen) atoms. The summed E-state index contributed by atoms with van der Waals surface area (Å²) in [5.74, 6) is -1.08. The van der Waals surface area contributed by atoms with E-state index in [0.717, 1.165) is 12.8 Å². The van der Waals surface area contributed by atoms with Crippen LogP contribution in [-0.4, -0.2) is 27.0 Å². The molecule has 1 aromatic rings. The third kappa shape index (κ3) is 2.07. The molecular formula is C8H9N3O3S. The van der Waals surface area contributed by atoms with Gasteiger partial charge in [0.2, 0.25) is 5.88 Å². The number of hydrogen-bond acceptors (Lipinski definition) is 4. The molecular weight excluding hydrogens is 218 g/mol. The average molecular weight is 227 g/mol. The van der Waals surface area contributed by atoms with Crippen LogP contribution in [0.25, 0.3) is 0 Å². The maximum Gasteiger partial charge on any atom is 0.268 e. The van der Waals surface area contributed by atoms with Crippen LogP contribution in [-0.2, 0) is 0 Å². The highest BCUT2D eigenvalue weighted by atomic mass is 32.1. The fourth-order valence-electron chi connectivity index (χ4n) is 1.17. The maximum atomic E-state index is 11.5. The molecule has 1 fully saturated rings. The summed E-state index contributed by atoms with van der Waals surface area (Å²) in [5.41, 5.74) is -1.01. The highest BCUT2D eigenvalue weighted by Crippen LogP contribution is 2.19. The van der Waals surface area contributed by atoms with Crippen molar-refractivity contribution >= 4 is 18.1 Å². The summed E-state index contributed by atoms with van der Waals surface area (Å²) in [6.07, 6.45) is 1.82. The standard InChI is InChI=1S/C8H9N3O3S/c12-5(9-3-1-2-3)4-6(13)10-8(15)11-7(4)14/h3H,1-2H2,(H,9,12)(H3,10,11,13,14,15). The topological polar surface area (TPSA) is 98.0 Å². The zero-order valence-electron chi connectivity index (χ0n) is 7.66. The van der Waals surface area contributed by atoms with Crippen molar-refractivity contribution in [1.29, 1.82) is 0 Å². The first kappa shape index (κ1) is 9.91. The van der Waals surface area contributed by atoms with Crippen LogP contribution in [0.3, 0.4) is 0 Å². The molecule has 0 radical (unpaired) electrons. The molecule has 1 heterocycles. The Morgan fingerprint density at radius 3 is 2.67 bits per heavy atom. The largest absolute Gasteiger partial charge is 0.494 e. The Bertz CT molecular complexity index is 515. The van der Waals surface area contributed by atoms with Gasteiger partial charge in [0.1, 0.15) is 0 Å². The molecule has 0 spiro atoms. The third-order valence-electron chi connectivity index (χ3n) is 2.06. The molecule has 7 heteroatoms. The van der Waals surface area contributed by atoms with Crippen molar-refractivity contribution in [2.24, 2.45) is 0 Å². The van der Waals surface area contributed by atoms with Crippen molar-refractivity contribution in [3.8, 4) is 5.88 Å². The summed E-state index contributed by atoms with van der Waals surface area (Å²) in [4.78, 5) is 27.4. The zero-order valence-corrected chi connectivity index (χ0v) is 8.48. The number of aromatic amines is 2. The van der Waals surface area contributed by atoms with E-state index < -0.39 is 17.3 Å². The van der Waals surface area contributed by atoms with Crippen LogP contribution >= 0.6 is 12.2 Å². The number of rotatable bonds is 2. The zero-order chi connectivity index (χ0) is 11.0. The van der Waals surface area contributed by atoms with Crippen LogP contribution in [0, 0.1) is 4.77 Å². The monoisotopic (exact) mass is 227 g/mol. The minimum Gasteiger partial charge on any atom is -0.494 e. The van der Waals surface area contributed by atoms with Gasteiger partial charge in [0.25, 0.3) is 11.5 Å². The van der Waals surface area contributed by atoms with Crippen molar-refractivity contribution in [1.82, 2.24) is 15.3 Å². The lowest BCUT2D eigenvalue weighted by Gasteiger charge is -2.03. The first-order valence-corrected chi connectivity index (χ1v) is 4.85. The molecule has 2 rings (SSSR count). The van der Waals surface area contributed by atoms with Gasteiger partial charge < -0.3 is 15.4 Å². The molecule has 0 atom stereocenters. The van der Waals surface area contributed by atoms with Gasteiger partial charge in [0.05, 0.1) is 0 Å². The number of amides is 1. The Morgan fingerprint density at radius 1 is 1.47 bits per heavy atom. The second-order valence-corrected chi connectivity index (χ2v) is 3.79. The number of nitrogens with one attached hydrogen (secondary N) is 3. The summed E-state index contributed by atoms with van der Waals surface area (Å²) < 4.78 is -0.0135. The highest BCUT2D eigenvalue weighted by molar-refractivity contribution is 7.71. The van der Waals surface area contributed by atoms with Gasteiger partial charge in [-0.25, -0.2) is 0 Å². The summed E-state index contributed by atoms with van der Waals surface area (Å²) in [6, 6.07) is 0.125. The van der Waals surface area contributed by atoms with Crippen LogP contribution in [0.15, 0.2) is 4.79 Å². The number of aromatic hydroxyl groups is 1. The quantitative estimate of drug-likeness (QED) is 0.536. The van der Waals surface area contributed by atoms with E-state index >= 15 is 0 Å². The lowest BCUT2D eigenvalue weighted by molar-refractivity contribution is 0.0946. The van der Waals surface area contributed by atoms with E-state index in [0.29, 0.717) is 0 Å². The average Bonchev–Trinajstić information content (AvgIpc) is 2.85. The van der Waals surface area contributed by atoms with Crippen molar-refractivity contribution in [3.63, 3.8) is 0 Å². The Balaban J connectivity index is 2.37. The fourth-order valence-corrected chi connectivity index (χ4v) is 1.36. The van der Waals surface area contributed by atoms with Crippen LogP contribution in [0.2, 0.25) is 0 Å². The molecule has 80 valence electrons. The minimum absolute atomic E-state index is 0.0135. The predicted octanol–water partition coefficient (Wildman–Crippen LogP) is 0.0303. The van der Waals surface area contributed by atoms with E-state index in [-0.39, 0.29) is 16.4 Å². The number of H-pyrrole nitrogens is 2. The molecule has 4 N–H and O–H groups in total. The van der Waals surface area contributed by atoms with Crippen LogP contribution in [0.4, 0.5) is 0 Å². The van der Waals surface area contributed by atoms with Crippen molar-refractivity contribution in [3.05, 3.63) is 20.7 Å². The lowest BCUT2D eigenvalue weighted by Crippen LogP contribution is -2.31. The predicted molar refractivity (Wildman–Crippen MR) is 54.4 cm³/mol. The molecule has 0 bridgehead atoms. The highest BCUT2D eigenvalue weighted by Gasteiger charge is 2.26. The normalized spacial score (nSPS) is 14.9. The van der Waals surface area contributed by atoms with Gasteiger partial charge in [-0.15, -0.1) is 0 Å². The molecule has 1 amide bonds. The summed E-state index contributed by atoms with van der Waals surface area (Å²) in [5, 5.41) is 12.0. The summed E-state index contributed by atoms with van der Waals surface area (Å²) in [7, 11) is 0. The molecule has 0 aliphatic heterocycles. The van der Waals surface area contributed by atoms with E-state index in [4.69, 9.17) is 0 Å². The number of carbonyl (C=O) groups excluding carboxylic acids is 1. The van der Waals surface area contributed by atoms with Crippen molar-refractivity contribution < 1.29 is 9.90 Å². The van der Waals surface area contributed by atoms with E-state index in [2.05, 4.69) is 27.5 Å². The second kappa shape index (κ2) is 3.50. The van der Waals surface area contributed by atoms with Crippen LogP contribution in [0.1, 0.15) is 23.2 Å². The fraction of sp³-hybridized carbons (Fsp3) is 0.375. The second-order valence-electron chi connectivity index (χ2n) is 3.38. The van der Waals surface area contributed by atoms with Crippen LogP contribution in [0.5, 0.6) is 5.88 Å². The van der Waals surface area contributed by atoms with E-state index in [1.165, 1.54) is 0 Å². The smallest absolute Gasteiger partial charge is 0.268 e. The van der Waals surface area contributed by atoms with Crippen LogP contribution < -0.4 is 10.9 Å².